The molecule has 3 amide bonds. The lowest BCUT2D eigenvalue weighted by Gasteiger charge is -2.38. The number of aromatic nitrogens is 2. The van der Waals surface area contributed by atoms with Gasteiger partial charge in [-0.25, -0.2) is 9.59 Å². The van der Waals surface area contributed by atoms with Gasteiger partial charge in [0.15, 0.2) is 5.82 Å². The lowest BCUT2D eigenvalue weighted by Crippen LogP contribution is -2.47. The fourth-order valence-electron chi connectivity index (χ4n) is 5.10. The molecular formula is C29H30N6O4. The molecule has 0 aliphatic carbocycles. The van der Waals surface area contributed by atoms with Crippen LogP contribution in [0.4, 0.5) is 21.1 Å². The number of carboxylic acid groups (broad SMARTS) is 1. The fraction of sp³-hybridized carbons (Fsp3) is 0.241. The Balaban J connectivity index is 1.39. The SMILES string of the molecule is CN1CCCCC1C(NC(=O)Nc1ccc2c(c1)c(NC(=O)c1ccccc1)nn2C(=O)O)c1ccccc1. The minimum absolute atomic E-state index is 0.0799. The normalized spacial score (nSPS) is 16.4. The molecule has 0 bridgehead atoms. The molecule has 10 nitrogen and oxygen atoms in total. The number of likely N-dealkylation sites (tertiary alicyclic amines) is 1. The number of likely N-dealkylation sites (N-methyl/N-ethyl adjacent to an activating group) is 1. The summed E-state index contributed by atoms with van der Waals surface area (Å²) < 4.78 is 0.796. The lowest BCUT2D eigenvalue weighted by atomic mass is 9.91. The second kappa shape index (κ2) is 11.4. The van der Waals surface area contributed by atoms with Crippen LogP contribution in [0.5, 0.6) is 0 Å². The number of anilines is 2. The second-order valence-electron chi connectivity index (χ2n) is 9.63. The van der Waals surface area contributed by atoms with E-state index >= 15 is 0 Å². The highest BCUT2D eigenvalue weighted by atomic mass is 16.4. The highest BCUT2D eigenvalue weighted by molar-refractivity contribution is 6.09. The van der Waals surface area contributed by atoms with Crippen LogP contribution in [0, 0.1) is 0 Å². The van der Waals surface area contributed by atoms with Crippen molar-refractivity contribution >= 4 is 40.4 Å². The van der Waals surface area contributed by atoms with Crippen molar-refractivity contribution in [3.8, 4) is 0 Å². The van der Waals surface area contributed by atoms with Gasteiger partial charge in [-0.15, -0.1) is 5.10 Å². The minimum Gasteiger partial charge on any atom is -0.463 e. The van der Waals surface area contributed by atoms with Gasteiger partial charge in [0, 0.05) is 22.7 Å². The maximum absolute atomic E-state index is 13.2. The Morgan fingerprint density at radius 2 is 1.67 bits per heavy atom. The van der Waals surface area contributed by atoms with E-state index < -0.39 is 12.0 Å². The summed E-state index contributed by atoms with van der Waals surface area (Å²) in [6, 6.07) is 22.8. The van der Waals surface area contributed by atoms with Crippen LogP contribution in [0.25, 0.3) is 10.9 Å². The summed E-state index contributed by atoms with van der Waals surface area (Å²) in [5, 5.41) is 22.8. The number of nitrogens with one attached hydrogen (secondary N) is 3. The molecule has 3 aromatic carbocycles. The molecule has 1 saturated heterocycles. The van der Waals surface area contributed by atoms with E-state index in [0.717, 1.165) is 36.1 Å². The van der Waals surface area contributed by atoms with Gasteiger partial charge in [-0.05, 0) is 62.3 Å². The quantitative estimate of drug-likeness (QED) is 0.275. The summed E-state index contributed by atoms with van der Waals surface area (Å²) in [6.45, 7) is 0.971. The molecule has 200 valence electrons. The highest BCUT2D eigenvalue weighted by Gasteiger charge is 2.30. The van der Waals surface area contributed by atoms with Crippen LogP contribution in [0.15, 0.2) is 78.9 Å². The number of fused-ring (bicyclic) bond motifs is 1. The van der Waals surface area contributed by atoms with Gasteiger partial charge < -0.3 is 26.0 Å². The second-order valence-corrected chi connectivity index (χ2v) is 9.63. The topological polar surface area (TPSA) is 129 Å². The average Bonchev–Trinajstić information content (AvgIpc) is 3.31. The average molecular weight is 527 g/mol. The predicted molar refractivity (Wildman–Crippen MR) is 149 cm³/mol. The van der Waals surface area contributed by atoms with Gasteiger partial charge in [-0.3, -0.25) is 4.79 Å². The summed E-state index contributed by atoms with van der Waals surface area (Å²) >= 11 is 0. The summed E-state index contributed by atoms with van der Waals surface area (Å²) in [7, 11) is 2.08. The molecule has 2 heterocycles. The van der Waals surface area contributed by atoms with Crippen LogP contribution in [-0.2, 0) is 0 Å². The smallest absolute Gasteiger partial charge is 0.432 e. The number of hydrogen-bond donors (Lipinski definition) is 4. The number of carbonyl (C=O) groups is 3. The molecule has 1 aliphatic heterocycles. The molecule has 2 unspecified atom stereocenters. The molecular weight excluding hydrogens is 496 g/mol. The number of hydrogen-bond acceptors (Lipinski definition) is 5. The van der Waals surface area contributed by atoms with E-state index in [1.165, 1.54) is 0 Å². The van der Waals surface area contributed by atoms with Crippen LogP contribution < -0.4 is 16.0 Å². The van der Waals surface area contributed by atoms with E-state index in [2.05, 4.69) is 33.0 Å². The fourth-order valence-corrected chi connectivity index (χ4v) is 5.10. The van der Waals surface area contributed by atoms with Crippen molar-refractivity contribution in [1.29, 1.82) is 0 Å². The van der Waals surface area contributed by atoms with Crippen molar-refractivity contribution < 1.29 is 19.5 Å². The Morgan fingerprint density at radius 3 is 2.36 bits per heavy atom. The monoisotopic (exact) mass is 526 g/mol. The van der Waals surface area contributed by atoms with E-state index in [1.54, 1.807) is 48.5 Å². The molecule has 0 saturated carbocycles. The van der Waals surface area contributed by atoms with Crippen LogP contribution in [0.1, 0.15) is 41.2 Å². The standard InChI is InChI=1S/C29H30N6O4/c1-34-17-9-8-14-24(34)25(19-10-4-2-5-11-19)31-28(37)30-21-15-16-23-22(18-21)26(33-35(23)29(38)39)32-27(36)20-12-6-3-7-13-20/h2-7,10-13,15-16,18,24-25H,8-9,14,17H2,1H3,(H,38,39)(H2,30,31,37)(H,32,33,36). The molecule has 5 rings (SSSR count). The number of urea groups is 1. The van der Waals surface area contributed by atoms with Crippen LogP contribution >= 0.6 is 0 Å². The maximum Gasteiger partial charge on any atom is 0.432 e. The Kier molecular flexibility index (Phi) is 7.55. The third-order valence-electron chi connectivity index (χ3n) is 7.04. The Labute approximate surface area is 225 Å². The van der Waals surface area contributed by atoms with Crippen molar-refractivity contribution in [2.24, 2.45) is 0 Å². The van der Waals surface area contributed by atoms with Crippen molar-refractivity contribution in [2.75, 3.05) is 24.2 Å². The van der Waals surface area contributed by atoms with Crippen molar-refractivity contribution in [2.45, 2.75) is 31.3 Å². The van der Waals surface area contributed by atoms with Gasteiger partial charge in [-0.1, -0.05) is 55.0 Å². The number of rotatable bonds is 6. The maximum atomic E-state index is 13.2. The van der Waals surface area contributed by atoms with Gasteiger partial charge in [0.25, 0.3) is 5.91 Å². The first kappa shape index (κ1) is 25.9. The van der Waals surface area contributed by atoms with Crippen LogP contribution in [0.2, 0.25) is 0 Å². The molecule has 10 heteroatoms. The number of carbonyl (C=O) groups excluding carboxylic acids is 2. The lowest BCUT2D eigenvalue weighted by molar-refractivity contribution is 0.102. The van der Waals surface area contributed by atoms with Gasteiger partial charge in [0.05, 0.1) is 11.6 Å². The van der Waals surface area contributed by atoms with Gasteiger partial charge in [0.2, 0.25) is 0 Å². The summed E-state index contributed by atoms with van der Waals surface area (Å²) in [5.74, 6) is -0.345. The molecule has 39 heavy (non-hydrogen) atoms. The third kappa shape index (κ3) is 5.75. The Hall–Kier alpha value is -4.70. The molecule has 1 aliphatic rings. The molecule has 4 N–H and O–H groups in total. The zero-order chi connectivity index (χ0) is 27.4. The van der Waals surface area contributed by atoms with Gasteiger partial charge >= 0.3 is 12.1 Å². The summed E-state index contributed by atoms with van der Waals surface area (Å²) in [4.78, 5) is 40.0. The van der Waals surface area contributed by atoms with Crippen LogP contribution in [0.3, 0.4) is 0 Å². The van der Waals surface area contributed by atoms with E-state index in [1.807, 2.05) is 30.3 Å². The Morgan fingerprint density at radius 1 is 0.949 bits per heavy atom. The molecule has 1 aromatic heterocycles. The molecule has 1 fully saturated rings. The first-order valence-corrected chi connectivity index (χ1v) is 12.9. The summed E-state index contributed by atoms with van der Waals surface area (Å²) in [6.07, 6.45) is 1.92. The minimum atomic E-state index is -1.29. The van der Waals surface area contributed by atoms with E-state index in [9.17, 15) is 19.5 Å². The number of amides is 3. The first-order chi connectivity index (χ1) is 18.9. The van der Waals surface area contributed by atoms with Crippen LogP contribution in [-0.4, -0.2) is 57.5 Å². The van der Waals surface area contributed by atoms with E-state index in [-0.39, 0.29) is 29.4 Å². The predicted octanol–water partition coefficient (Wildman–Crippen LogP) is 5.16. The number of nitrogens with zero attached hydrogens (tertiary/aromatic N) is 3. The van der Waals surface area contributed by atoms with E-state index in [4.69, 9.17) is 0 Å². The van der Waals surface area contributed by atoms with Crippen molar-refractivity contribution in [3.05, 3.63) is 90.0 Å². The van der Waals surface area contributed by atoms with E-state index in [0.29, 0.717) is 16.6 Å². The largest absolute Gasteiger partial charge is 0.463 e. The van der Waals surface area contributed by atoms with Crippen molar-refractivity contribution in [1.82, 2.24) is 20.0 Å². The number of benzene rings is 3. The molecule has 0 spiro atoms. The molecule has 2 atom stereocenters. The highest BCUT2D eigenvalue weighted by Crippen LogP contribution is 2.29. The number of piperidine rings is 1. The zero-order valence-electron chi connectivity index (χ0n) is 21.5. The van der Waals surface area contributed by atoms with Gasteiger partial charge in [-0.2, -0.15) is 4.68 Å². The van der Waals surface area contributed by atoms with Gasteiger partial charge in [0.1, 0.15) is 0 Å². The first-order valence-electron chi connectivity index (χ1n) is 12.9. The Bertz CT molecular complexity index is 1490. The molecule has 0 radical (unpaired) electrons. The zero-order valence-corrected chi connectivity index (χ0v) is 21.5. The van der Waals surface area contributed by atoms with Crippen molar-refractivity contribution in [3.63, 3.8) is 0 Å². The third-order valence-corrected chi connectivity index (χ3v) is 7.04. The molecule has 4 aromatic rings. The summed E-state index contributed by atoms with van der Waals surface area (Å²) in [5.41, 5.74) is 2.14.